The first-order valence-corrected chi connectivity index (χ1v) is 3.19. The monoisotopic (exact) mass is 150 g/mol. The van der Waals surface area contributed by atoms with Crippen LogP contribution in [0.1, 0.15) is 5.56 Å². The lowest BCUT2D eigenvalue weighted by Crippen LogP contribution is -1.69. The van der Waals surface area contributed by atoms with Crippen LogP contribution in [0.5, 0.6) is 0 Å². The third-order valence-corrected chi connectivity index (χ3v) is 1.31. The van der Waals surface area contributed by atoms with E-state index in [0.29, 0.717) is 5.02 Å². The molecule has 10 heavy (non-hydrogen) atoms. The Morgan fingerprint density at radius 2 is 2.30 bits per heavy atom. The van der Waals surface area contributed by atoms with Gasteiger partial charge in [-0.3, -0.25) is 5.87 Å². The SMILES string of the molecule is [N-]=C=Cc1cccc(Cl)c1. The molecule has 2 heteroatoms. The van der Waals surface area contributed by atoms with E-state index in [1.165, 1.54) is 6.08 Å². The first-order valence-electron chi connectivity index (χ1n) is 2.81. The molecule has 0 aliphatic rings. The van der Waals surface area contributed by atoms with Gasteiger partial charge in [0.1, 0.15) is 0 Å². The predicted molar refractivity (Wildman–Crippen MR) is 44.3 cm³/mol. The third-order valence-electron chi connectivity index (χ3n) is 1.08. The van der Waals surface area contributed by atoms with Crippen LogP contribution in [-0.2, 0) is 0 Å². The van der Waals surface area contributed by atoms with Crippen molar-refractivity contribution in [3.8, 4) is 0 Å². The molecule has 1 rings (SSSR count). The van der Waals surface area contributed by atoms with Crippen LogP contribution in [0.4, 0.5) is 0 Å². The maximum atomic E-state index is 8.26. The lowest BCUT2D eigenvalue weighted by Gasteiger charge is -1.91. The minimum Gasteiger partial charge on any atom is -0.763 e. The smallest absolute Gasteiger partial charge is 0.0412 e. The summed E-state index contributed by atoms with van der Waals surface area (Å²) in [4.78, 5) is 0. The molecule has 0 fully saturated rings. The van der Waals surface area contributed by atoms with Crippen LogP contribution < -0.4 is 0 Å². The summed E-state index contributed by atoms with van der Waals surface area (Å²) < 4.78 is 0. The van der Waals surface area contributed by atoms with E-state index in [-0.39, 0.29) is 0 Å². The van der Waals surface area contributed by atoms with Crippen LogP contribution in [0.15, 0.2) is 24.3 Å². The topological polar surface area (TPSA) is 22.3 Å². The summed E-state index contributed by atoms with van der Waals surface area (Å²) in [7, 11) is 0. The zero-order chi connectivity index (χ0) is 7.40. The molecule has 0 N–H and O–H groups in total. The Hall–Kier alpha value is -1.04. The first kappa shape index (κ1) is 7.07. The minimum absolute atomic E-state index is 0.656. The zero-order valence-corrected chi connectivity index (χ0v) is 5.97. The Morgan fingerprint density at radius 1 is 1.50 bits per heavy atom. The standard InChI is InChI=1S/C8H5ClN/c9-8-3-1-2-7(6-8)4-5-10/h1-4,6H/q-1. The van der Waals surface area contributed by atoms with Crippen molar-refractivity contribution in [2.45, 2.75) is 0 Å². The van der Waals surface area contributed by atoms with Crippen molar-refractivity contribution in [3.63, 3.8) is 0 Å². The fourth-order valence-electron chi connectivity index (χ4n) is 0.671. The second-order valence-corrected chi connectivity index (χ2v) is 2.26. The van der Waals surface area contributed by atoms with Crippen molar-refractivity contribution in [2.75, 3.05) is 0 Å². The highest BCUT2D eigenvalue weighted by Gasteiger charge is 1.85. The van der Waals surface area contributed by atoms with Crippen LogP contribution in [0, 0.1) is 0 Å². The molecule has 0 unspecified atom stereocenters. The highest BCUT2D eigenvalue weighted by atomic mass is 35.5. The van der Waals surface area contributed by atoms with Gasteiger partial charge in [-0.15, -0.1) is 0 Å². The molecule has 0 heterocycles. The molecule has 0 atom stereocenters. The highest BCUT2D eigenvalue weighted by molar-refractivity contribution is 6.30. The number of rotatable bonds is 1. The molecule has 0 aliphatic carbocycles. The van der Waals surface area contributed by atoms with Crippen LogP contribution in [0.3, 0.4) is 0 Å². The molecule has 0 aliphatic heterocycles. The predicted octanol–water partition coefficient (Wildman–Crippen LogP) is 2.59. The molecule has 1 aromatic carbocycles. The molecule has 0 saturated heterocycles. The number of hydrogen-bond donors (Lipinski definition) is 0. The van der Waals surface area contributed by atoms with E-state index in [2.05, 4.69) is 0 Å². The van der Waals surface area contributed by atoms with Gasteiger partial charge in [0.2, 0.25) is 0 Å². The fourth-order valence-corrected chi connectivity index (χ4v) is 0.870. The van der Waals surface area contributed by atoms with E-state index in [0.717, 1.165) is 5.56 Å². The van der Waals surface area contributed by atoms with E-state index in [1.807, 2.05) is 18.0 Å². The molecule has 0 bridgehead atoms. The van der Waals surface area contributed by atoms with Crippen molar-refractivity contribution >= 4 is 23.5 Å². The summed E-state index contributed by atoms with van der Waals surface area (Å²) in [5.74, 6) is 1.93. The van der Waals surface area contributed by atoms with Gasteiger partial charge in [0.05, 0.1) is 0 Å². The maximum Gasteiger partial charge on any atom is 0.0412 e. The van der Waals surface area contributed by atoms with Gasteiger partial charge in [-0.05, 0) is 23.8 Å². The van der Waals surface area contributed by atoms with Gasteiger partial charge < -0.3 is 5.41 Å². The Labute approximate surface area is 64.5 Å². The minimum atomic E-state index is 0.656. The summed E-state index contributed by atoms with van der Waals surface area (Å²) in [5, 5.41) is 8.92. The van der Waals surface area contributed by atoms with Crippen molar-refractivity contribution in [3.05, 3.63) is 40.3 Å². The second kappa shape index (κ2) is 3.21. The largest absolute Gasteiger partial charge is 0.763 e. The lowest BCUT2D eigenvalue weighted by molar-refractivity contribution is 1.67. The summed E-state index contributed by atoms with van der Waals surface area (Å²) in [6.07, 6.45) is 1.45. The second-order valence-electron chi connectivity index (χ2n) is 1.83. The van der Waals surface area contributed by atoms with Gasteiger partial charge >= 0.3 is 0 Å². The molecule has 1 aromatic rings. The lowest BCUT2D eigenvalue weighted by atomic mass is 10.2. The van der Waals surface area contributed by atoms with Crippen molar-refractivity contribution in [1.29, 1.82) is 0 Å². The molecular formula is C8H5ClN-. The molecule has 0 saturated carbocycles. The number of halogens is 1. The summed E-state index contributed by atoms with van der Waals surface area (Å²) in [5.41, 5.74) is 0.843. The van der Waals surface area contributed by atoms with E-state index in [4.69, 9.17) is 17.0 Å². The quantitative estimate of drug-likeness (QED) is 0.550. The van der Waals surface area contributed by atoms with Crippen LogP contribution >= 0.6 is 11.6 Å². The fraction of sp³-hybridized carbons (Fsp3) is 0. The van der Waals surface area contributed by atoms with E-state index < -0.39 is 0 Å². The van der Waals surface area contributed by atoms with Gasteiger partial charge in [-0.2, -0.15) is 0 Å². The van der Waals surface area contributed by atoms with Crippen molar-refractivity contribution in [2.24, 2.45) is 0 Å². The molecule has 1 nitrogen and oxygen atoms in total. The summed E-state index contributed by atoms with van der Waals surface area (Å²) in [6, 6.07) is 7.15. The maximum absolute atomic E-state index is 8.26. The van der Waals surface area contributed by atoms with Gasteiger partial charge in [-0.1, -0.05) is 23.7 Å². The van der Waals surface area contributed by atoms with Gasteiger partial charge in [0, 0.05) is 5.02 Å². The summed E-state index contributed by atoms with van der Waals surface area (Å²) in [6.45, 7) is 0. The van der Waals surface area contributed by atoms with Crippen molar-refractivity contribution in [1.82, 2.24) is 0 Å². The van der Waals surface area contributed by atoms with E-state index in [1.54, 1.807) is 12.1 Å². The average Bonchev–Trinajstić information content (AvgIpc) is 1.88. The van der Waals surface area contributed by atoms with Crippen molar-refractivity contribution < 1.29 is 0 Å². The molecular weight excluding hydrogens is 146 g/mol. The van der Waals surface area contributed by atoms with Crippen LogP contribution in [0.25, 0.3) is 11.5 Å². The molecule has 0 radical (unpaired) electrons. The first-order chi connectivity index (χ1) is 4.83. The molecule has 0 spiro atoms. The number of benzene rings is 1. The molecule has 0 amide bonds. The Balaban J connectivity index is 3.06. The Kier molecular flexibility index (Phi) is 2.27. The van der Waals surface area contributed by atoms with Gasteiger partial charge in [0.15, 0.2) is 0 Å². The normalized spacial score (nSPS) is 8.50. The summed E-state index contributed by atoms with van der Waals surface area (Å²) >= 11 is 5.65. The van der Waals surface area contributed by atoms with E-state index >= 15 is 0 Å². The third kappa shape index (κ3) is 1.73. The van der Waals surface area contributed by atoms with Crippen LogP contribution in [-0.4, -0.2) is 5.87 Å². The van der Waals surface area contributed by atoms with E-state index in [9.17, 15) is 0 Å². The number of nitrogens with zero attached hydrogens (tertiary/aromatic N) is 1. The molecule has 0 aromatic heterocycles. The Morgan fingerprint density at radius 3 is 2.90 bits per heavy atom. The van der Waals surface area contributed by atoms with Crippen LogP contribution in [0.2, 0.25) is 5.02 Å². The number of hydrogen-bond acceptors (Lipinski definition) is 0. The molecule has 50 valence electrons. The average molecular weight is 151 g/mol. The Bertz CT molecular complexity index is 274. The van der Waals surface area contributed by atoms with Gasteiger partial charge in [0.25, 0.3) is 0 Å². The highest BCUT2D eigenvalue weighted by Crippen LogP contribution is 2.10. The zero-order valence-electron chi connectivity index (χ0n) is 5.21. The van der Waals surface area contributed by atoms with Gasteiger partial charge in [-0.25, -0.2) is 0 Å².